The molecule has 1 aromatic rings. The van der Waals surface area contributed by atoms with E-state index < -0.39 is 24.6 Å². The molecule has 0 radical (unpaired) electrons. The minimum absolute atomic E-state index is 0.258. The van der Waals surface area contributed by atoms with E-state index in [2.05, 4.69) is 4.98 Å². The monoisotopic (exact) mass is 274 g/mol. The summed E-state index contributed by atoms with van der Waals surface area (Å²) in [5.41, 5.74) is 0.599. The van der Waals surface area contributed by atoms with E-state index in [4.69, 9.17) is 0 Å². The van der Waals surface area contributed by atoms with Crippen molar-refractivity contribution in [2.45, 2.75) is 25.6 Å². The maximum Gasteiger partial charge on any atom is 0.463 e. The molecule has 0 saturated heterocycles. The van der Waals surface area contributed by atoms with Crippen LogP contribution < -0.4 is 5.32 Å². The molecule has 1 N–H and O–H groups in total. The molecule has 0 saturated carbocycles. The highest BCUT2D eigenvalue weighted by molar-refractivity contribution is 7.09. The largest absolute Gasteiger partial charge is 0.463 e. The van der Waals surface area contributed by atoms with Crippen LogP contribution in [-0.2, 0) is 11.3 Å². The summed E-state index contributed by atoms with van der Waals surface area (Å²) in [6.07, 6.45) is -5.89. The van der Waals surface area contributed by atoms with Crippen LogP contribution >= 0.6 is 11.3 Å². The number of hydrogen-bond acceptors (Lipinski definition) is 3. The maximum atomic E-state index is 12.5. The number of aryl methyl sites for hydroxylation is 1. The number of nitrogens with one attached hydrogen (secondary N) is 1. The quantitative estimate of drug-likeness (QED) is 0.859. The predicted molar refractivity (Wildman–Crippen MR) is 49.7 cm³/mol. The Bertz CT molecular complexity index is 414. The summed E-state index contributed by atoms with van der Waals surface area (Å²) >= 11 is 1.06. The zero-order valence-corrected chi connectivity index (χ0v) is 9.25. The van der Waals surface area contributed by atoms with Gasteiger partial charge in [0, 0.05) is 11.1 Å². The number of hydrogen-bond donors (Lipinski definition) is 1. The van der Waals surface area contributed by atoms with E-state index >= 15 is 0 Å². The van der Waals surface area contributed by atoms with Crippen molar-refractivity contribution in [1.29, 1.82) is 0 Å². The molecule has 1 aromatic heterocycles. The Morgan fingerprint density at radius 1 is 1.41 bits per heavy atom. The number of rotatable bonds is 3. The lowest BCUT2D eigenvalue weighted by atomic mass is 10.3. The van der Waals surface area contributed by atoms with Crippen LogP contribution in [0.15, 0.2) is 5.38 Å². The lowest BCUT2D eigenvalue weighted by Gasteiger charge is -2.18. The van der Waals surface area contributed by atoms with Crippen LogP contribution in [0.2, 0.25) is 0 Å². The number of alkyl halides is 5. The van der Waals surface area contributed by atoms with E-state index in [1.165, 1.54) is 5.32 Å². The number of nitrogens with zero attached hydrogens (tertiary/aromatic N) is 1. The fraction of sp³-hybridized carbons (Fsp3) is 0.500. The van der Waals surface area contributed by atoms with Gasteiger partial charge in [-0.25, -0.2) is 4.98 Å². The molecule has 0 spiro atoms. The summed E-state index contributed by atoms with van der Waals surface area (Å²) in [4.78, 5) is 14.5. The number of thiazole rings is 1. The molecule has 0 aliphatic carbocycles. The standard InChI is InChI=1S/C8H7F5N2OS/c1-4-3-17-5(15-4)2-14-6(16)7(9,10)8(11,12)13/h3H,2H2,1H3,(H,14,16). The highest BCUT2D eigenvalue weighted by Crippen LogP contribution is 2.35. The molecule has 0 aromatic carbocycles. The van der Waals surface area contributed by atoms with Crippen molar-refractivity contribution in [2.24, 2.45) is 0 Å². The molecule has 0 unspecified atom stereocenters. The molecule has 0 bridgehead atoms. The van der Waals surface area contributed by atoms with E-state index in [-0.39, 0.29) is 5.01 Å². The molecule has 3 nitrogen and oxygen atoms in total. The Morgan fingerprint density at radius 2 is 2.00 bits per heavy atom. The fourth-order valence-corrected chi connectivity index (χ4v) is 1.59. The smallest absolute Gasteiger partial charge is 0.344 e. The number of carbonyl (C=O) groups is 1. The van der Waals surface area contributed by atoms with Crippen molar-refractivity contribution in [1.82, 2.24) is 10.3 Å². The van der Waals surface area contributed by atoms with Crippen LogP contribution in [0.25, 0.3) is 0 Å². The number of halogens is 5. The van der Waals surface area contributed by atoms with Gasteiger partial charge < -0.3 is 5.32 Å². The van der Waals surface area contributed by atoms with Gasteiger partial charge in [-0.05, 0) is 6.92 Å². The van der Waals surface area contributed by atoms with E-state index in [1.807, 2.05) is 0 Å². The molecule has 0 aliphatic heterocycles. The van der Waals surface area contributed by atoms with Gasteiger partial charge in [0.15, 0.2) is 0 Å². The Kier molecular flexibility index (Phi) is 3.70. The molecule has 96 valence electrons. The van der Waals surface area contributed by atoms with Gasteiger partial charge in [-0.1, -0.05) is 0 Å². The molecule has 0 atom stereocenters. The molecular formula is C8H7F5N2OS. The summed E-state index contributed by atoms with van der Waals surface area (Å²) < 4.78 is 60.3. The number of amides is 1. The van der Waals surface area contributed by atoms with Crippen LogP contribution in [0, 0.1) is 6.92 Å². The lowest BCUT2D eigenvalue weighted by Crippen LogP contribution is -2.50. The highest BCUT2D eigenvalue weighted by atomic mass is 32.1. The maximum absolute atomic E-state index is 12.5. The second-order valence-corrected chi connectivity index (χ2v) is 4.08. The topological polar surface area (TPSA) is 42.0 Å². The van der Waals surface area contributed by atoms with Crippen molar-refractivity contribution in [3.05, 3.63) is 16.1 Å². The Hall–Kier alpha value is -1.25. The van der Waals surface area contributed by atoms with E-state index in [0.717, 1.165) is 11.3 Å². The normalized spacial score (nSPS) is 12.6. The van der Waals surface area contributed by atoms with Gasteiger partial charge in [0.05, 0.1) is 6.54 Å². The molecule has 0 aliphatic rings. The third kappa shape index (κ3) is 3.11. The van der Waals surface area contributed by atoms with Gasteiger partial charge in [0.1, 0.15) is 5.01 Å². The van der Waals surface area contributed by atoms with Gasteiger partial charge in [-0.15, -0.1) is 11.3 Å². The van der Waals surface area contributed by atoms with Crippen molar-refractivity contribution < 1.29 is 26.7 Å². The molecule has 9 heteroatoms. The first kappa shape index (κ1) is 13.8. The number of carbonyl (C=O) groups excluding carboxylic acids is 1. The van der Waals surface area contributed by atoms with Crippen LogP contribution in [0.5, 0.6) is 0 Å². The second kappa shape index (κ2) is 4.55. The molecule has 17 heavy (non-hydrogen) atoms. The van der Waals surface area contributed by atoms with E-state index in [1.54, 1.807) is 12.3 Å². The second-order valence-electron chi connectivity index (χ2n) is 3.14. The molecule has 1 amide bonds. The molecule has 0 fully saturated rings. The van der Waals surface area contributed by atoms with Gasteiger partial charge in [-0.2, -0.15) is 22.0 Å². The average Bonchev–Trinajstić information content (AvgIpc) is 2.58. The summed E-state index contributed by atoms with van der Waals surface area (Å²) in [5, 5.41) is 3.34. The minimum atomic E-state index is -5.89. The first-order valence-electron chi connectivity index (χ1n) is 4.28. The van der Waals surface area contributed by atoms with E-state index in [9.17, 15) is 26.7 Å². The fourth-order valence-electron chi connectivity index (χ4n) is 0.880. The van der Waals surface area contributed by atoms with Crippen molar-refractivity contribution in [2.75, 3.05) is 0 Å². The molecule has 1 rings (SSSR count). The predicted octanol–water partition coefficient (Wildman–Crippen LogP) is 2.27. The van der Waals surface area contributed by atoms with Gasteiger partial charge in [0.2, 0.25) is 0 Å². The van der Waals surface area contributed by atoms with Crippen molar-refractivity contribution >= 4 is 17.2 Å². The molecular weight excluding hydrogens is 267 g/mol. The molecule has 1 heterocycles. The highest BCUT2D eigenvalue weighted by Gasteiger charge is 2.63. The summed E-state index contributed by atoms with van der Waals surface area (Å²) in [6.45, 7) is 1.18. The number of aromatic nitrogens is 1. The van der Waals surface area contributed by atoms with Gasteiger partial charge in [0.25, 0.3) is 0 Å². The summed E-state index contributed by atoms with van der Waals surface area (Å²) in [7, 11) is 0. The van der Waals surface area contributed by atoms with Crippen LogP contribution in [-0.4, -0.2) is 23.0 Å². The van der Waals surface area contributed by atoms with Gasteiger partial charge >= 0.3 is 18.0 Å². The van der Waals surface area contributed by atoms with Crippen LogP contribution in [0.1, 0.15) is 10.7 Å². The summed E-state index contributed by atoms with van der Waals surface area (Å²) in [5.74, 6) is -7.77. The Morgan fingerprint density at radius 3 is 2.41 bits per heavy atom. The SMILES string of the molecule is Cc1csc(CNC(=O)C(F)(F)C(F)(F)F)n1. The van der Waals surface area contributed by atoms with Crippen molar-refractivity contribution in [3.63, 3.8) is 0 Å². The zero-order chi connectivity index (χ0) is 13.3. The Labute approximate surface area is 96.7 Å². The zero-order valence-electron chi connectivity index (χ0n) is 8.44. The first-order valence-corrected chi connectivity index (χ1v) is 5.16. The minimum Gasteiger partial charge on any atom is -0.344 e. The van der Waals surface area contributed by atoms with Crippen LogP contribution in [0.4, 0.5) is 22.0 Å². The van der Waals surface area contributed by atoms with Gasteiger partial charge in [-0.3, -0.25) is 4.79 Å². The lowest BCUT2D eigenvalue weighted by molar-refractivity contribution is -0.269. The van der Waals surface area contributed by atoms with Crippen LogP contribution in [0.3, 0.4) is 0 Å². The third-order valence-electron chi connectivity index (χ3n) is 1.71. The summed E-state index contributed by atoms with van der Waals surface area (Å²) in [6, 6.07) is 0. The average molecular weight is 274 g/mol. The third-order valence-corrected chi connectivity index (χ3v) is 2.67. The van der Waals surface area contributed by atoms with E-state index in [0.29, 0.717) is 5.69 Å². The van der Waals surface area contributed by atoms with Crippen molar-refractivity contribution in [3.8, 4) is 0 Å². The Balaban J connectivity index is 2.61. The first-order chi connectivity index (χ1) is 7.64.